The number of carbonyl (C=O) groups is 1. The topological polar surface area (TPSA) is 71.5 Å². The van der Waals surface area contributed by atoms with E-state index in [0.717, 1.165) is 5.56 Å². The third kappa shape index (κ3) is 4.10. The highest BCUT2D eigenvalue weighted by Gasteiger charge is 2.19. The number of carbonyl (C=O) groups excluding carboxylic acids is 1. The van der Waals surface area contributed by atoms with Crippen molar-refractivity contribution in [3.8, 4) is 11.5 Å². The summed E-state index contributed by atoms with van der Waals surface area (Å²) in [7, 11) is 3.89. The van der Waals surface area contributed by atoms with Gasteiger partial charge in [-0.15, -0.1) is 0 Å². The number of hydrogen-bond donors (Lipinski definition) is 1. The summed E-state index contributed by atoms with van der Waals surface area (Å²) in [6.45, 7) is 0.412. The zero-order valence-corrected chi connectivity index (χ0v) is 14.7. The van der Waals surface area contributed by atoms with Crippen LogP contribution in [-0.4, -0.2) is 36.6 Å². The quantitative estimate of drug-likeness (QED) is 0.727. The third-order valence-corrected chi connectivity index (χ3v) is 4.05. The van der Waals surface area contributed by atoms with Gasteiger partial charge in [0, 0.05) is 17.6 Å². The van der Waals surface area contributed by atoms with E-state index in [1.165, 1.54) is 6.26 Å². The predicted molar refractivity (Wildman–Crippen MR) is 94.4 cm³/mol. The molecule has 0 spiro atoms. The van der Waals surface area contributed by atoms with Crippen LogP contribution in [0.4, 0.5) is 0 Å². The van der Waals surface area contributed by atoms with Crippen LogP contribution >= 0.6 is 11.6 Å². The predicted octanol–water partition coefficient (Wildman–Crippen LogP) is 3.62. The first-order valence-corrected chi connectivity index (χ1v) is 8.13. The van der Waals surface area contributed by atoms with Crippen molar-refractivity contribution in [1.82, 2.24) is 15.4 Å². The minimum absolute atomic E-state index is 0.0147. The van der Waals surface area contributed by atoms with Crippen molar-refractivity contribution in [3.63, 3.8) is 0 Å². The van der Waals surface area contributed by atoms with E-state index >= 15 is 0 Å². The summed E-state index contributed by atoms with van der Waals surface area (Å²) in [5.74, 6) is 0.626. The number of halogens is 1. The van der Waals surface area contributed by atoms with Gasteiger partial charge < -0.3 is 19.2 Å². The average molecular weight is 360 g/mol. The second-order valence-electron chi connectivity index (χ2n) is 5.80. The number of likely N-dealkylation sites (N-methyl/N-ethyl adjacent to an activating group) is 1. The molecule has 0 radical (unpaired) electrons. The number of nitrogens with one attached hydrogen (secondary N) is 1. The molecule has 3 aromatic rings. The number of aromatic nitrogens is 1. The first-order chi connectivity index (χ1) is 12.0. The van der Waals surface area contributed by atoms with E-state index in [1.54, 1.807) is 18.2 Å². The summed E-state index contributed by atoms with van der Waals surface area (Å²) < 4.78 is 10.4. The maximum absolute atomic E-state index is 12.3. The van der Waals surface area contributed by atoms with Crippen molar-refractivity contribution >= 4 is 17.5 Å². The number of furan rings is 1. The smallest absolute Gasteiger partial charge is 0.273 e. The molecule has 1 atom stereocenters. The van der Waals surface area contributed by atoms with Gasteiger partial charge >= 0.3 is 0 Å². The summed E-state index contributed by atoms with van der Waals surface area (Å²) in [5.41, 5.74) is 1.23. The summed E-state index contributed by atoms with van der Waals surface area (Å²) in [5, 5.41) is 7.34. The van der Waals surface area contributed by atoms with Gasteiger partial charge in [-0.05, 0) is 43.9 Å². The largest absolute Gasteiger partial charge is 0.461 e. The van der Waals surface area contributed by atoms with Crippen LogP contribution in [0, 0.1) is 0 Å². The molecule has 0 saturated heterocycles. The van der Waals surface area contributed by atoms with Gasteiger partial charge in [-0.1, -0.05) is 28.9 Å². The first-order valence-electron chi connectivity index (χ1n) is 7.75. The lowest BCUT2D eigenvalue weighted by Crippen LogP contribution is -2.34. The molecule has 0 bridgehead atoms. The lowest BCUT2D eigenvalue weighted by Gasteiger charge is -2.25. The number of benzene rings is 1. The molecule has 0 saturated carbocycles. The SMILES string of the molecule is CN(C)C(CNC(=O)c1cc(-c2ccco2)on1)c1cccc(Cl)c1. The Balaban J connectivity index is 1.68. The molecule has 2 aromatic heterocycles. The van der Waals surface area contributed by atoms with E-state index in [0.29, 0.717) is 23.1 Å². The number of nitrogens with zero attached hydrogens (tertiary/aromatic N) is 2. The Morgan fingerprint density at radius 1 is 1.24 bits per heavy atom. The van der Waals surface area contributed by atoms with Crippen molar-refractivity contribution in [1.29, 1.82) is 0 Å². The Morgan fingerprint density at radius 3 is 2.76 bits per heavy atom. The van der Waals surface area contributed by atoms with Gasteiger partial charge in [-0.25, -0.2) is 0 Å². The molecule has 0 aliphatic carbocycles. The zero-order chi connectivity index (χ0) is 17.8. The summed E-state index contributed by atoms with van der Waals surface area (Å²) in [6, 6.07) is 12.6. The van der Waals surface area contributed by atoms with Crippen LogP contribution in [-0.2, 0) is 0 Å². The molecule has 1 N–H and O–H groups in total. The third-order valence-electron chi connectivity index (χ3n) is 3.82. The molecular formula is C18H18ClN3O3. The van der Waals surface area contributed by atoms with Gasteiger partial charge in [0.2, 0.25) is 5.76 Å². The second-order valence-corrected chi connectivity index (χ2v) is 6.23. The fourth-order valence-electron chi connectivity index (χ4n) is 2.51. The maximum Gasteiger partial charge on any atom is 0.273 e. The number of amides is 1. The Morgan fingerprint density at radius 2 is 2.08 bits per heavy atom. The van der Waals surface area contributed by atoms with Gasteiger partial charge in [0.25, 0.3) is 5.91 Å². The molecular weight excluding hydrogens is 342 g/mol. The lowest BCUT2D eigenvalue weighted by atomic mass is 10.1. The Kier molecular flexibility index (Phi) is 5.21. The van der Waals surface area contributed by atoms with Crippen LogP contribution in [0.25, 0.3) is 11.5 Å². The average Bonchev–Trinajstić information content (AvgIpc) is 3.26. The first kappa shape index (κ1) is 17.3. The Labute approximate surface area is 150 Å². The van der Waals surface area contributed by atoms with Crippen LogP contribution in [0.2, 0.25) is 5.02 Å². The molecule has 6 nitrogen and oxygen atoms in total. The van der Waals surface area contributed by atoms with Gasteiger partial charge in [0.05, 0.1) is 12.3 Å². The fraction of sp³-hybridized carbons (Fsp3) is 0.222. The highest BCUT2D eigenvalue weighted by Crippen LogP contribution is 2.22. The summed E-state index contributed by atoms with van der Waals surface area (Å²) in [4.78, 5) is 14.4. The van der Waals surface area contributed by atoms with Gasteiger partial charge in [-0.2, -0.15) is 0 Å². The van der Waals surface area contributed by atoms with Crippen LogP contribution in [0.5, 0.6) is 0 Å². The van der Waals surface area contributed by atoms with Crippen LogP contribution in [0.3, 0.4) is 0 Å². The Hall–Kier alpha value is -2.57. The second kappa shape index (κ2) is 7.55. The molecule has 1 unspecified atom stereocenters. The highest BCUT2D eigenvalue weighted by atomic mass is 35.5. The summed E-state index contributed by atoms with van der Waals surface area (Å²) >= 11 is 6.07. The van der Waals surface area contributed by atoms with E-state index in [4.69, 9.17) is 20.5 Å². The van der Waals surface area contributed by atoms with E-state index < -0.39 is 0 Å². The van der Waals surface area contributed by atoms with Gasteiger partial charge in [0.1, 0.15) is 0 Å². The monoisotopic (exact) mass is 359 g/mol. The lowest BCUT2D eigenvalue weighted by molar-refractivity contribution is 0.0933. The van der Waals surface area contributed by atoms with E-state index in [1.807, 2.05) is 43.3 Å². The number of rotatable bonds is 6. The minimum atomic E-state index is -0.310. The van der Waals surface area contributed by atoms with E-state index in [-0.39, 0.29) is 17.6 Å². The van der Waals surface area contributed by atoms with Crippen molar-refractivity contribution in [2.75, 3.05) is 20.6 Å². The van der Waals surface area contributed by atoms with Gasteiger partial charge in [0.15, 0.2) is 11.5 Å². The van der Waals surface area contributed by atoms with Gasteiger partial charge in [-0.3, -0.25) is 4.79 Å². The van der Waals surface area contributed by atoms with Crippen LogP contribution in [0.1, 0.15) is 22.1 Å². The molecule has 0 aliphatic heterocycles. The normalized spacial score (nSPS) is 12.3. The zero-order valence-electron chi connectivity index (χ0n) is 13.9. The molecule has 2 heterocycles. The summed E-state index contributed by atoms with van der Waals surface area (Å²) in [6.07, 6.45) is 1.53. The molecule has 1 aromatic carbocycles. The van der Waals surface area contributed by atoms with Crippen molar-refractivity contribution < 1.29 is 13.7 Å². The molecule has 0 aliphatic rings. The van der Waals surface area contributed by atoms with Crippen molar-refractivity contribution in [3.05, 3.63) is 65.0 Å². The number of hydrogen-bond acceptors (Lipinski definition) is 5. The van der Waals surface area contributed by atoms with E-state index in [9.17, 15) is 4.79 Å². The molecule has 3 rings (SSSR count). The maximum atomic E-state index is 12.3. The molecule has 0 fully saturated rings. The highest BCUT2D eigenvalue weighted by molar-refractivity contribution is 6.30. The van der Waals surface area contributed by atoms with Crippen LogP contribution in [0.15, 0.2) is 57.7 Å². The van der Waals surface area contributed by atoms with Crippen LogP contribution < -0.4 is 5.32 Å². The molecule has 1 amide bonds. The molecule has 130 valence electrons. The molecule has 7 heteroatoms. The minimum Gasteiger partial charge on any atom is -0.461 e. The van der Waals surface area contributed by atoms with Crippen molar-refractivity contribution in [2.24, 2.45) is 0 Å². The van der Waals surface area contributed by atoms with Crippen molar-refractivity contribution in [2.45, 2.75) is 6.04 Å². The molecule has 25 heavy (non-hydrogen) atoms. The standard InChI is InChI=1S/C18H18ClN3O3/c1-22(2)15(12-5-3-6-13(19)9-12)11-20-18(23)14-10-17(25-21-14)16-7-4-8-24-16/h3-10,15H,11H2,1-2H3,(H,20,23). The Bertz CT molecular complexity index is 843. The fourth-order valence-corrected chi connectivity index (χ4v) is 2.71. The van der Waals surface area contributed by atoms with E-state index in [2.05, 4.69) is 10.5 Å².